The van der Waals surface area contributed by atoms with Crippen LogP contribution >= 0.6 is 0 Å². The second-order valence-electron chi connectivity index (χ2n) is 4.98. The lowest BCUT2D eigenvalue weighted by Crippen LogP contribution is -2.22. The molecular formula is C16H17N3O3. The molecule has 6 nitrogen and oxygen atoms in total. The van der Waals surface area contributed by atoms with Crippen molar-refractivity contribution >= 4 is 23.0 Å². The van der Waals surface area contributed by atoms with Crippen LogP contribution in [-0.4, -0.2) is 17.4 Å². The molecule has 0 atom stereocenters. The molecule has 0 saturated carbocycles. The predicted molar refractivity (Wildman–Crippen MR) is 86.1 cm³/mol. The molecule has 2 aromatic rings. The molecule has 0 aliphatic heterocycles. The van der Waals surface area contributed by atoms with Gasteiger partial charge in [-0.05, 0) is 31.0 Å². The number of nitro groups is 1. The number of hydrogen-bond acceptors (Lipinski definition) is 4. The van der Waals surface area contributed by atoms with Crippen LogP contribution < -0.4 is 10.6 Å². The maximum atomic E-state index is 12.0. The van der Waals surface area contributed by atoms with Crippen LogP contribution in [0.25, 0.3) is 0 Å². The van der Waals surface area contributed by atoms with Gasteiger partial charge in [0.1, 0.15) is 0 Å². The van der Waals surface area contributed by atoms with Gasteiger partial charge in [0.05, 0.1) is 11.5 Å². The van der Waals surface area contributed by atoms with Gasteiger partial charge in [0.25, 0.3) is 5.69 Å². The molecule has 0 fully saturated rings. The molecule has 114 valence electrons. The predicted octanol–water partition coefficient (Wildman–Crippen LogP) is 3.26. The number of nitrogens with one attached hydrogen (secondary N) is 2. The Morgan fingerprint density at radius 1 is 1.14 bits per heavy atom. The number of amides is 1. The summed E-state index contributed by atoms with van der Waals surface area (Å²) in [5.41, 5.74) is 3.30. The summed E-state index contributed by atoms with van der Waals surface area (Å²) in [6.45, 7) is 3.89. The molecule has 0 radical (unpaired) electrons. The molecule has 0 aliphatic rings. The highest BCUT2D eigenvalue weighted by atomic mass is 16.6. The first-order valence-corrected chi connectivity index (χ1v) is 6.82. The van der Waals surface area contributed by atoms with Crippen LogP contribution in [0.1, 0.15) is 11.1 Å². The average Bonchev–Trinajstić information content (AvgIpc) is 2.49. The number of para-hydroxylation sites is 1. The molecule has 0 unspecified atom stereocenters. The smallest absolute Gasteiger partial charge is 0.271 e. The van der Waals surface area contributed by atoms with Gasteiger partial charge >= 0.3 is 0 Å². The Bertz CT molecular complexity index is 693. The van der Waals surface area contributed by atoms with Crippen molar-refractivity contribution in [1.29, 1.82) is 0 Å². The van der Waals surface area contributed by atoms with E-state index < -0.39 is 4.92 Å². The molecular weight excluding hydrogens is 282 g/mol. The van der Waals surface area contributed by atoms with Gasteiger partial charge in [0, 0.05) is 23.5 Å². The highest BCUT2D eigenvalue weighted by Gasteiger charge is 2.09. The molecule has 6 heteroatoms. The molecule has 2 rings (SSSR count). The fourth-order valence-electron chi connectivity index (χ4n) is 2.11. The van der Waals surface area contributed by atoms with Crippen molar-refractivity contribution in [2.24, 2.45) is 0 Å². The van der Waals surface area contributed by atoms with E-state index in [2.05, 4.69) is 10.6 Å². The van der Waals surface area contributed by atoms with E-state index >= 15 is 0 Å². The second-order valence-corrected chi connectivity index (χ2v) is 4.98. The maximum absolute atomic E-state index is 12.0. The number of non-ortho nitro benzene ring substituents is 1. The minimum absolute atomic E-state index is 0.0137. The Balaban J connectivity index is 1.99. The Hall–Kier alpha value is -2.89. The summed E-state index contributed by atoms with van der Waals surface area (Å²) in [5.74, 6) is -0.205. The molecule has 22 heavy (non-hydrogen) atoms. The minimum atomic E-state index is -0.470. The number of benzene rings is 2. The number of anilines is 2. The number of carbonyl (C=O) groups excluding carboxylic acids is 1. The van der Waals surface area contributed by atoms with E-state index in [9.17, 15) is 14.9 Å². The molecule has 0 heterocycles. The number of hydrogen-bond donors (Lipinski definition) is 2. The molecule has 2 aromatic carbocycles. The van der Waals surface area contributed by atoms with Crippen LogP contribution in [0.5, 0.6) is 0 Å². The van der Waals surface area contributed by atoms with Gasteiger partial charge in [-0.25, -0.2) is 0 Å². The van der Waals surface area contributed by atoms with E-state index in [1.165, 1.54) is 12.1 Å². The lowest BCUT2D eigenvalue weighted by Gasteiger charge is -2.12. The number of nitro benzene ring substituents is 1. The Morgan fingerprint density at radius 2 is 1.77 bits per heavy atom. The van der Waals surface area contributed by atoms with Gasteiger partial charge in [-0.1, -0.05) is 24.3 Å². The van der Waals surface area contributed by atoms with Crippen LogP contribution in [0.4, 0.5) is 17.1 Å². The van der Waals surface area contributed by atoms with Crippen molar-refractivity contribution in [2.75, 3.05) is 17.2 Å². The van der Waals surface area contributed by atoms with Crippen molar-refractivity contribution in [2.45, 2.75) is 13.8 Å². The number of carbonyl (C=O) groups is 1. The molecule has 0 aromatic heterocycles. The first kappa shape index (κ1) is 15.5. The zero-order chi connectivity index (χ0) is 16.1. The number of nitrogens with zero attached hydrogens (tertiary/aromatic N) is 1. The van der Waals surface area contributed by atoms with E-state index in [1.807, 2.05) is 32.0 Å². The monoisotopic (exact) mass is 299 g/mol. The fraction of sp³-hybridized carbons (Fsp3) is 0.188. The van der Waals surface area contributed by atoms with E-state index in [4.69, 9.17) is 0 Å². The Kier molecular flexibility index (Phi) is 4.73. The third-order valence-electron chi connectivity index (χ3n) is 3.26. The van der Waals surface area contributed by atoms with Gasteiger partial charge in [0.15, 0.2) is 0 Å². The van der Waals surface area contributed by atoms with Crippen LogP contribution in [0.15, 0.2) is 42.5 Å². The third-order valence-corrected chi connectivity index (χ3v) is 3.26. The summed E-state index contributed by atoms with van der Waals surface area (Å²) in [6.07, 6.45) is 0. The van der Waals surface area contributed by atoms with Crippen molar-refractivity contribution in [3.05, 3.63) is 63.7 Å². The van der Waals surface area contributed by atoms with Gasteiger partial charge in [-0.3, -0.25) is 14.9 Å². The lowest BCUT2D eigenvalue weighted by atomic mass is 10.1. The fourth-order valence-corrected chi connectivity index (χ4v) is 2.11. The normalized spacial score (nSPS) is 10.1. The van der Waals surface area contributed by atoms with Crippen LogP contribution in [-0.2, 0) is 4.79 Å². The van der Waals surface area contributed by atoms with E-state index in [-0.39, 0.29) is 18.1 Å². The number of rotatable bonds is 5. The molecule has 0 spiro atoms. The van der Waals surface area contributed by atoms with E-state index in [1.54, 1.807) is 12.1 Å². The summed E-state index contributed by atoms with van der Waals surface area (Å²) in [4.78, 5) is 22.2. The Morgan fingerprint density at radius 3 is 2.41 bits per heavy atom. The SMILES string of the molecule is Cc1cccc(C)c1NC(=O)CNc1cccc([N+](=O)[O-])c1. The molecule has 0 aliphatic carbocycles. The largest absolute Gasteiger partial charge is 0.376 e. The van der Waals surface area contributed by atoms with Crippen LogP contribution in [0, 0.1) is 24.0 Å². The summed E-state index contributed by atoms with van der Waals surface area (Å²) in [5, 5.41) is 16.4. The Labute approximate surface area is 128 Å². The van der Waals surface area contributed by atoms with Crippen molar-refractivity contribution in [3.63, 3.8) is 0 Å². The van der Waals surface area contributed by atoms with Gasteiger partial charge in [0.2, 0.25) is 5.91 Å². The van der Waals surface area contributed by atoms with Gasteiger partial charge < -0.3 is 10.6 Å². The highest BCUT2D eigenvalue weighted by molar-refractivity contribution is 5.95. The van der Waals surface area contributed by atoms with Crippen LogP contribution in [0.2, 0.25) is 0 Å². The summed E-state index contributed by atoms with van der Waals surface area (Å²) >= 11 is 0. The lowest BCUT2D eigenvalue weighted by molar-refractivity contribution is -0.384. The van der Waals surface area contributed by atoms with Gasteiger partial charge in [-0.2, -0.15) is 0 Å². The molecule has 2 N–H and O–H groups in total. The van der Waals surface area contributed by atoms with E-state index in [0.717, 1.165) is 16.8 Å². The number of aryl methyl sites for hydroxylation is 2. The van der Waals surface area contributed by atoms with Crippen LogP contribution in [0.3, 0.4) is 0 Å². The topological polar surface area (TPSA) is 84.3 Å². The standard InChI is InChI=1S/C16H17N3O3/c1-11-5-3-6-12(2)16(11)18-15(20)10-17-13-7-4-8-14(9-13)19(21)22/h3-9,17H,10H2,1-2H3,(H,18,20). The van der Waals surface area contributed by atoms with Crippen molar-refractivity contribution < 1.29 is 9.72 Å². The van der Waals surface area contributed by atoms with Crippen molar-refractivity contribution in [3.8, 4) is 0 Å². The molecule has 1 amide bonds. The molecule has 0 saturated heterocycles. The first-order valence-electron chi connectivity index (χ1n) is 6.82. The third kappa shape index (κ3) is 3.82. The summed E-state index contributed by atoms with van der Waals surface area (Å²) in [6, 6.07) is 11.8. The summed E-state index contributed by atoms with van der Waals surface area (Å²) < 4.78 is 0. The zero-order valence-corrected chi connectivity index (χ0v) is 12.4. The maximum Gasteiger partial charge on any atom is 0.271 e. The van der Waals surface area contributed by atoms with Gasteiger partial charge in [-0.15, -0.1) is 0 Å². The van der Waals surface area contributed by atoms with E-state index in [0.29, 0.717) is 5.69 Å². The molecule has 0 bridgehead atoms. The summed E-state index contributed by atoms with van der Waals surface area (Å²) in [7, 11) is 0. The quantitative estimate of drug-likeness (QED) is 0.655. The highest BCUT2D eigenvalue weighted by Crippen LogP contribution is 2.20. The average molecular weight is 299 g/mol. The first-order chi connectivity index (χ1) is 10.5. The minimum Gasteiger partial charge on any atom is -0.376 e. The second kappa shape index (κ2) is 6.71. The zero-order valence-electron chi connectivity index (χ0n) is 12.4. The van der Waals surface area contributed by atoms with Crippen molar-refractivity contribution in [1.82, 2.24) is 0 Å².